The molecule has 0 saturated heterocycles. The van der Waals surface area contributed by atoms with E-state index in [9.17, 15) is 0 Å². The molecule has 0 nitrogen and oxygen atoms in total. The zero-order chi connectivity index (χ0) is 9.68. The van der Waals surface area contributed by atoms with Crippen LogP contribution in [0.3, 0.4) is 0 Å². The molecule has 1 aromatic rings. The van der Waals surface area contributed by atoms with E-state index in [0.717, 1.165) is 5.92 Å². The van der Waals surface area contributed by atoms with E-state index < -0.39 is 0 Å². The average Bonchev–Trinajstić information content (AvgIpc) is 2.08. The average molecular weight is 194 g/mol. The molecule has 0 heterocycles. The lowest BCUT2D eigenvalue weighted by molar-refractivity contribution is 0.632. The fraction of sp³-hybridized carbons (Fsp3) is 0.500. The first-order chi connectivity index (χ1) is 6.18. The lowest BCUT2D eigenvalue weighted by Gasteiger charge is -2.04. The van der Waals surface area contributed by atoms with E-state index >= 15 is 0 Å². The van der Waals surface area contributed by atoms with Crippen molar-refractivity contribution >= 4 is 11.8 Å². The van der Waals surface area contributed by atoms with Crippen molar-refractivity contribution in [2.45, 2.75) is 32.1 Å². The van der Waals surface area contributed by atoms with Crippen molar-refractivity contribution in [2.75, 3.05) is 5.75 Å². The maximum Gasteiger partial charge on any atom is 0.00721 e. The van der Waals surface area contributed by atoms with Crippen LogP contribution in [0, 0.1) is 12.8 Å². The van der Waals surface area contributed by atoms with Gasteiger partial charge in [-0.05, 0) is 37.1 Å². The van der Waals surface area contributed by atoms with Gasteiger partial charge in [-0.15, -0.1) is 11.8 Å². The Hall–Kier alpha value is -0.430. The second kappa shape index (κ2) is 5.33. The minimum Gasteiger partial charge on any atom is -0.126 e. The third-order valence-electron chi connectivity index (χ3n) is 1.98. The Balaban J connectivity index is 2.33. The van der Waals surface area contributed by atoms with Gasteiger partial charge in [0.15, 0.2) is 0 Å². The number of hydrogen-bond acceptors (Lipinski definition) is 1. The van der Waals surface area contributed by atoms with Crippen molar-refractivity contribution < 1.29 is 0 Å². The molecule has 0 bridgehead atoms. The van der Waals surface area contributed by atoms with Crippen LogP contribution in [0.2, 0.25) is 0 Å². The second-order valence-electron chi connectivity index (χ2n) is 3.84. The molecule has 0 aliphatic carbocycles. The largest absolute Gasteiger partial charge is 0.126 e. The van der Waals surface area contributed by atoms with Gasteiger partial charge in [-0.25, -0.2) is 0 Å². The van der Waals surface area contributed by atoms with Crippen LogP contribution in [-0.4, -0.2) is 5.75 Å². The zero-order valence-electron chi connectivity index (χ0n) is 8.71. The first kappa shape index (κ1) is 10.6. The standard InChI is InChI=1S/C12H18S/c1-10(2)8-9-13-12-6-4-11(3)5-7-12/h4-7,10H,8-9H2,1-3H3. The van der Waals surface area contributed by atoms with Gasteiger partial charge in [0.25, 0.3) is 0 Å². The van der Waals surface area contributed by atoms with Crippen LogP contribution in [0.1, 0.15) is 25.8 Å². The molecule has 0 unspecified atom stereocenters. The van der Waals surface area contributed by atoms with E-state index in [1.807, 2.05) is 11.8 Å². The molecule has 0 radical (unpaired) electrons. The number of thioether (sulfide) groups is 1. The van der Waals surface area contributed by atoms with Gasteiger partial charge in [0.2, 0.25) is 0 Å². The minimum atomic E-state index is 0.818. The quantitative estimate of drug-likeness (QED) is 0.649. The van der Waals surface area contributed by atoms with Crippen molar-refractivity contribution in [2.24, 2.45) is 5.92 Å². The third-order valence-corrected chi connectivity index (χ3v) is 3.03. The molecule has 0 N–H and O–H groups in total. The predicted octanol–water partition coefficient (Wildman–Crippen LogP) is 4.13. The van der Waals surface area contributed by atoms with Crippen LogP contribution in [0.15, 0.2) is 29.2 Å². The monoisotopic (exact) mass is 194 g/mol. The van der Waals surface area contributed by atoms with Crippen molar-refractivity contribution in [3.05, 3.63) is 29.8 Å². The van der Waals surface area contributed by atoms with Gasteiger partial charge >= 0.3 is 0 Å². The van der Waals surface area contributed by atoms with Crippen molar-refractivity contribution in [1.29, 1.82) is 0 Å². The van der Waals surface area contributed by atoms with Gasteiger partial charge in [-0.3, -0.25) is 0 Å². The Morgan fingerprint density at radius 2 is 1.77 bits per heavy atom. The highest BCUT2D eigenvalue weighted by atomic mass is 32.2. The normalized spacial score (nSPS) is 10.8. The van der Waals surface area contributed by atoms with Gasteiger partial charge in [0, 0.05) is 4.90 Å². The number of rotatable bonds is 4. The topological polar surface area (TPSA) is 0 Å². The summed E-state index contributed by atoms with van der Waals surface area (Å²) in [6.07, 6.45) is 1.30. The zero-order valence-corrected chi connectivity index (χ0v) is 9.53. The van der Waals surface area contributed by atoms with E-state index in [0.29, 0.717) is 0 Å². The van der Waals surface area contributed by atoms with Crippen LogP contribution in [0.5, 0.6) is 0 Å². The Morgan fingerprint density at radius 1 is 1.15 bits per heavy atom. The number of aryl methyl sites for hydroxylation is 1. The summed E-state index contributed by atoms with van der Waals surface area (Å²) >= 11 is 1.96. The van der Waals surface area contributed by atoms with Crippen LogP contribution in [0.25, 0.3) is 0 Å². The second-order valence-corrected chi connectivity index (χ2v) is 5.01. The van der Waals surface area contributed by atoms with Crippen molar-refractivity contribution in [3.8, 4) is 0 Å². The first-order valence-corrected chi connectivity index (χ1v) is 5.86. The Labute approximate surface area is 85.7 Å². The van der Waals surface area contributed by atoms with Crippen molar-refractivity contribution in [3.63, 3.8) is 0 Å². The molecule has 1 aromatic carbocycles. The van der Waals surface area contributed by atoms with E-state index in [1.54, 1.807) is 0 Å². The Morgan fingerprint density at radius 3 is 2.31 bits per heavy atom. The predicted molar refractivity (Wildman–Crippen MR) is 61.4 cm³/mol. The highest BCUT2D eigenvalue weighted by molar-refractivity contribution is 7.99. The van der Waals surface area contributed by atoms with Crippen LogP contribution in [-0.2, 0) is 0 Å². The highest BCUT2D eigenvalue weighted by Crippen LogP contribution is 2.20. The molecule has 0 spiro atoms. The smallest absolute Gasteiger partial charge is 0.00721 e. The molecular formula is C12H18S. The van der Waals surface area contributed by atoms with Crippen LogP contribution in [0.4, 0.5) is 0 Å². The van der Waals surface area contributed by atoms with E-state index in [-0.39, 0.29) is 0 Å². The molecule has 0 amide bonds. The fourth-order valence-electron chi connectivity index (χ4n) is 1.05. The van der Waals surface area contributed by atoms with E-state index in [2.05, 4.69) is 45.0 Å². The summed E-state index contributed by atoms with van der Waals surface area (Å²) in [5.74, 6) is 2.05. The Kier molecular flexibility index (Phi) is 4.37. The molecule has 1 heteroatoms. The fourth-order valence-corrected chi connectivity index (χ4v) is 2.20. The first-order valence-electron chi connectivity index (χ1n) is 4.88. The summed E-state index contributed by atoms with van der Waals surface area (Å²) in [5, 5.41) is 0. The third kappa shape index (κ3) is 4.37. The van der Waals surface area contributed by atoms with Gasteiger partial charge in [-0.1, -0.05) is 31.5 Å². The number of hydrogen-bond donors (Lipinski definition) is 0. The lowest BCUT2D eigenvalue weighted by atomic mass is 10.2. The summed E-state index contributed by atoms with van der Waals surface area (Å²) in [7, 11) is 0. The molecule has 13 heavy (non-hydrogen) atoms. The van der Waals surface area contributed by atoms with Gasteiger partial charge in [-0.2, -0.15) is 0 Å². The van der Waals surface area contributed by atoms with Crippen LogP contribution < -0.4 is 0 Å². The number of benzene rings is 1. The molecular weight excluding hydrogens is 176 g/mol. The van der Waals surface area contributed by atoms with Gasteiger partial charge < -0.3 is 0 Å². The Bertz CT molecular complexity index is 236. The molecule has 0 fully saturated rings. The molecule has 72 valence electrons. The summed E-state index contributed by atoms with van der Waals surface area (Å²) in [6, 6.07) is 8.77. The molecule has 0 atom stereocenters. The minimum absolute atomic E-state index is 0.818. The summed E-state index contributed by atoms with van der Waals surface area (Å²) < 4.78 is 0. The summed E-state index contributed by atoms with van der Waals surface area (Å²) in [6.45, 7) is 6.67. The highest BCUT2D eigenvalue weighted by Gasteiger charge is 1.96. The maximum absolute atomic E-state index is 2.27. The molecule has 0 aromatic heterocycles. The molecule has 0 saturated carbocycles. The van der Waals surface area contributed by atoms with E-state index in [4.69, 9.17) is 0 Å². The summed E-state index contributed by atoms with van der Waals surface area (Å²) in [4.78, 5) is 1.39. The lowest BCUT2D eigenvalue weighted by Crippen LogP contribution is -1.88. The molecule has 1 rings (SSSR count). The molecule has 0 aliphatic heterocycles. The van der Waals surface area contributed by atoms with Gasteiger partial charge in [0.1, 0.15) is 0 Å². The summed E-state index contributed by atoms with van der Waals surface area (Å²) in [5.41, 5.74) is 1.34. The maximum atomic E-state index is 2.27. The van der Waals surface area contributed by atoms with E-state index in [1.165, 1.54) is 22.6 Å². The molecule has 0 aliphatic rings. The van der Waals surface area contributed by atoms with Crippen LogP contribution >= 0.6 is 11.8 Å². The van der Waals surface area contributed by atoms with Crippen molar-refractivity contribution in [1.82, 2.24) is 0 Å². The SMILES string of the molecule is Cc1ccc(SCCC(C)C)cc1. The van der Waals surface area contributed by atoms with Gasteiger partial charge in [0.05, 0.1) is 0 Å².